The molecule has 2 heterocycles. The minimum atomic E-state index is -3.84. The SMILES string of the molecule is COC(=O)C1CNC(NS(=O)(=O)c2nc3ccccc3s2)O1. The highest BCUT2D eigenvalue weighted by Crippen LogP contribution is 2.25. The molecule has 0 aliphatic carbocycles. The molecular weight excluding hydrogens is 330 g/mol. The summed E-state index contributed by atoms with van der Waals surface area (Å²) in [5.74, 6) is -0.561. The van der Waals surface area contributed by atoms with Crippen LogP contribution in [0.2, 0.25) is 0 Å². The maximum Gasteiger partial charge on any atom is 0.336 e. The smallest absolute Gasteiger partial charge is 0.336 e. The van der Waals surface area contributed by atoms with Crippen molar-refractivity contribution in [2.24, 2.45) is 0 Å². The van der Waals surface area contributed by atoms with Crippen LogP contribution in [-0.4, -0.2) is 45.5 Å². The van der Waals surface area contributed by atoms with Gasteiger partial charge in [-0.3, -0.25) is 5.32 Å². The second-order valence-corrected chi connectivity index (χ2v) is 7.42. The Labute approximate surface area is 130 Å². The van der Waals surface area contributed by atoms with E-state index >= 15 is 0 Å². The Bertz CT molecular complexity index is 771. The zero-order valence-corrected chi connectivity index (χ0v) is 13.1. The molecule has 10 heteroatoms. The molecule has 3 rings (SSSR count). The van der Waals surface area contributed by atoms with Crippen LogP contribution in [0.15, 0.2) is 28.6 Å². The summed E-state index contributed by atoms with van der Waals surface area (Å²) in [6.45, 7) is 0.166. The fourth-order valence-corrected chi connectivity index (χ4v) is 4.26. The molecule has 2 N–H and O–H groups in total. The van der Waals surface area contributed by atoms with Crippen molar-refractivity contribution >= 4 is 37.5 Å². The first kappa shape index (κ1) is 15.3. The van der Waals surface area contributed by atoms with Crippen LogP contribution in [0.1, 0.15) is 0 Å². The van der Waals surface area contributed by atoms with Crippen molar-refractivity contribution in [3.8, 4) is 0 Å². The van der Waals surface area contributed by atoms with E-state index in [4.69, 9.17) is 4.74 Å². The molecule has 118 valence electrons. The highest BCUT2D eigenvalue weighted by Gasteiger charge is 2.34. The molecule has 1 saturated heterocycles. The van der Waals surface area contributed by atoms with Gasteiger partial charge in [-0.2, -0.15) is 4.72 Å². The van der Waals surface area contributed by atoms with Gasteiger partial charge < -0.3 is 9.47 Å². The van der Waals surface area contributed by atoms with Gasteiger partial charge in [-0.25, -0.2) is 18.2 Å². The first-order valence-electron chi connectivity index (χ1n) is 6.34. The highest BCUT2D eigenvalue weighted by atomic mass is 32.2. The van der Waals surface area contributed by atoms with Crippen molar-refractivity contribution in [2.75, 3.05) is 13.7 Å². The second kappa shape index (κ2) is 5.89. The molecule has 0 spiro atoms. The summed E-state index contributed by atoms with van der Waals surface area (Å²) in [5.41, 5.74) is 0.612. The zero-order valence-electron chi connectivity index (χ0n) is 11.5. The van der Waals surface area contributed by atoms with Crippen molar-refractivity contribution in [3.63, 3.8) is 0 Å². The summed E-state index contributed by atoms with van der Waals surface area (Å²) in [7, 11) is -2.60. The van der Waals surface area contributed by atoms with Crippen LogP contribution in [0.25, 0.3) is 10.2 Å². The summed E-state index contributed by atoms with van der Waals surface area (Å²) in [6, 6.07) is 7.13. The normalized spacial score (nSPS) is 22.0. The predicted molar refractivity (Wildman–Crippen MR) is 78.6 cm³/mol. The molecule has 1 aliphatic rings. The van der Waals surface area contributed by atoms with Gasteiger partial charge in [0, 0.05) is 6.54 Å². The number of hydrogen-bond donors (Lipinski definition) is 2. The van der Waals surface area contributed by atoms with Gasteiger partial charge in [-0.15, -0.1) is 11.3 Å². The van der Waals surface area contributed by atoms with Gasteiger partial charge in [-0.1, -0.05) is 12.1 Å². The number of methoxy groups -OCH3 is 1. The van der Waals surface area contributed by atoms with E-state index in [1.54, 1.807) is 18.2 Å². The van der Waals surface area contributed by atoms with Crippen LogP contribution in [0.3, 0.4) is 0 Å². The number of benzene rings is 1. The summed E-state index contributed by atoms with van der Waals surface area (Å²) in [4.78, 5) is 15.4. The number of para-hydroxylation sites is 1. The lowest BCUT2D eigenvalue weighted by atomic mass is 10.3. The molecule has 22 heavy (non-hydrogen) atoms. The number of hydrogen-bond acceptors (Lipinski definition) is 8. The summed E-state index contributed by atoms with van der Waals surface area (Å²) in [5, 5.41) is 2.75. The Balaban J connectivity index is 1.75. The van der Waals surface area contributed by atoms with Crippen LogP contribution in [0, 0.1) is 0 Å². The molecule has 2 atom stereocenters. The van der Waals surface area contributed by atoms with E-state index in [9.17, 15) is 13.2 Å². The third kappa shape index (κ3) is 2.96. The van der Waals surface area contributed by atoms with Crippen LogP contribution >= 0.6 is 11.3 Å². The lowest BCUT2D eigenvalue weighted by molar-refractivity contribution is -0.152. The van der Waals surface area contributed by atoms with Gasteiger partial charge in [-0.05, 0) is 12.1 Å². The van der Waals surface area contributed by atoms with E-state index in [0.29, 0.717) is 5.52 Å². The second-order valence-electron chi connectivity index (χ2n) is 4.50. The van der Waals surface area contributed by atoms with Crippen LogP contribution in [0.4, 0.5) is 0 Å². The average Bonchev–Trinajstić information content (AvgIpc) is 3.12. The number of nitrogens with one attached hydrogen (secondary N) is 2. The van der Waals surface area contributed by atoms with Crippen molar-refractivity contribution in [2.45, 2.75) is 16.8 Å². The fraction of sp³-hybridized carbons (Fsp3) is 0.333. The summed E-state index contributed by atoms with van der Waals surface area (Å²) in [6.07, 6.45) is -1.84. The largest absolute Gasteiger partial charge is 0.467 e. The molecule has 0 amide bonds. The van der Waals surface area contributed by atoms with Gasteiger partial charge in [0.1, 0.15) is 0 Å². The molecule has 1 aliphatic heterocycles. The Hall–Kier alpha value is -1.59. The molecule has 1 aromatic heterocycles. The van der Waals surface area contributed by atoms with Crippen molar-refractivity contribution < 1.29 is 22.7 Å². The van der Waals surface area contributed by atoms with Gasteiger partial charge >= 0.3 is 5.97 Å². The summed E-state index contributed by atoms with van der Waals surface area (Å²) >= 11 is 1.06. The monoisotopic (exact) mass is 343 g/mol. The average molecular weight is 343 g/mol. The molecule has 0 saturated carbocycles. The number of thiazole rings is 1. The minimum Gasteiger partial charge on any atom is -0.467 e. The maximum absolute atomic E-state index is 12.3. The van der Waals surface area contributed by atoms with E-state index in [-0.39, 0.29) is 10.9 Å². The highest BCUT2D eigenvalue weighted by molar-refractivity contribution is 7.91. The van der Waals surface area contributed by atoms with Crippen molar-refractivity contribution in [1.82, 2.24) is 15.0 Å². The molecule has 0 radical (unpaired) electrons. The maximum atomic E-state index is 12.3. The van der Waals surface area contributed by atoms with E-state index < -0.39 is 28.4 Å². The zero-order chi connectivity index (χ0) is 15.7. The Morgan fingerprint density at radius 1 is 1.50 bits per heavy atom. The van der Waals surface area contributed by atoms with Crippen LogP contribution in [0.5, 0.6) is 0 Å². The Morgan fingerprint density at radius 3 is 3.00 bits per heavy atom. The lowest BCUT2D eigenvalue weighted by Crippen LogP contribution is -2.42. The number of carbonyl (C=O) groups excluding carboxylic acids is 1. The van der Waals surface area contributed by atoms with E-state index in [1.165, 1.54) is 7.11 Å². The van der Waals surface area contributed by atoms with Crippen molar-refractivity contribution in [3.05, 3.63) is 24.3 Å². The number of ether oxygens (including phenoxy) is 2. The van der Waals surface area contributed by atoms with Gasteiger partial charge in [0.15, 0.2) is 12.5 Å². The fourth-order valence-electron chi connectivity index (χ4n) is 1.97. The van der Waals surface area contributed by atoms with E-state index in [0.717, 1.165) is 16.0 Å². The Kier molecular flexibility index (Phi) is 4.10. The van der Waals surface area contributed by atoms with Crippen molar-refractivity contribution in [1.29, 1.82) is 0 Å². The standard InChI is InChI=1S/C12H13N3O5S2/c1-19-10(16)8-6-13-11(20-8)15-22(17,18)12-14-7-4-2-3-5-9(7)21-12/h2-5,8,11,13,15H,6H2,1H3. The molecule has 2 aromatic rings. The van der Waals surface area contributed by atoms with Gasteiger partial charge in [0.2, 0.25) is 4.34 Å². The first-order chi connectivity index (χ1) is 10.5. The third-order valence-corrected chi connectivity index (χ3v) is 5.83. The minimum absolute atomic E-state index is 0.0550. The molecule has 1 fully saturated rings. The number of esters is 1. The van der Waals surface area contributed by atoms with Crippen LogP contribution in [-0.2, 0) is 24.3 Å². The van der Waals surface area contributed by atoms with Crippen LogP contribution < -0.4 is 10.0 Å². The van der Waals surface area contributed by atoms with E-state index in [2.05, 4.69) is 19.8 Å². The predicted octanol–water partition coefficient (Wildman–Crippen LogP) is 0.0196. The number of fused-ring (bicyclic) bond motifs is 1. The quantitative estimate of drug-likeness (QED) is 0.754. The van der Waals surface area contributed by atoms with E-state index in [1.807, 2.05) is 6.07 Å². The number of aromatic nitrogens is 1. The lowest BCUT2D eigenvalue weighted by Gasteiger charge is -2.12. The molecule has 2 unspecified atom stereocenters. The number of nitrogens with zero attached hydrogens (tertiary/aromatic N) is 1. The number of rotatable bonds is 4. The van der Waals surface area contributed by atoms with Gasteiger partial charge in [0.25, 0.3) is 10.0 Å². The summed E-state index contributed by atoms with van der Waals surface area (Å²) < 4.78 is 37.4. The molecular formula is C12H13N3O5S2. The molecule has 0 bridgehead atoms. The molecule has 1 aromatic carbocycles. The third-order valence-electron chi connectivity index (χ3n) is 3.02. The number of sulfonamides is 1. The number of carbonyl (C=O) groups is 1. The van der Waals surface area contributed by atoms with Gasteiger partial charge in [0.05, 0.1) is 17.3 Å². The Morgan fingerprint density at radius 2 is 2.27 bits per heavy atom. The topological polar surface area (TPSA) is 107 Å². The molecule has 8 nitrogen and oxygen atoms in total. The first-order valence-corrected chi connectivity index (χ1v) is 8.64.